The quantitative estimate of drug-likeness (QED) is 0.331. The first-order valence-corrected chi connectivity index (χ1v) is 12.4. The Morgan fingerprint density at radius 2 is 1.19 bits per heavy atom. The van der Waals surface area contributed by atoms with E-state index in [9.17, 15) is 4.79 Å². The van der Waals surface area contributed by atoms with Gasteiger partial charge in [0.25, 0.3) is 0 Å². The van der Waals surface area contributed by atoms with Crippen LogP contribution in [0.5, 0.6) is 0 Å². The molecule has 1 aliphatic rings. The molecule has 1 fully saturated rings. The lowest BCUT2D eigenvalue weighted by Crippen LogP contribution is -2.62. The van der Waals surface area contributed by atoms with Gasteiger partial charge in [-0.25, -0.2) is 0 Å². The molecule has 0 amide bonds. The monoisotopic (exact) mass is 506 g/mol. The molecule has 1 heterocycles. The predicted octanol–water partition coefficient (Wildman–Crippen LogP) is 4.68. The standard InChI is InChI=1S/C30H34O7/c1-22(31)36-27-26(21-33-18-23-12-6-3-7-13-23)37-30(32-2)29(35-20-25-16-10-5-11-17-25)28(27)34-19-24-14-8-4-9-15-24/h3-17,26-30H,18-21H2,1-2H3/t26-,27-,28+,29-,30+/m1/s1. The van der Waals surface area contributed by atoms with Gasteiger partial charge in [0.15, 0.2) is 12.4 Å². The van der Waals surface area contributed by atoms with Crippen molar-refractivity contribution in [3.05, 3.63) is 108 Å². The molecule has 7 nitrogen and oxygen atoms in total. The van der Waals surface area contributed by atoms with Gasteiger partial charge in [-0.1, -0.05) is 91.0 Å². The molecule has 0 aromatic heterocycles. The van der Waals surface area contributed by atoms with E-state index in [1.807, 2.05) is 91.0 Å². The minimum absolute atomic E-state index is 0.184. The van der Waals surface area contributed by atoms with E-state index in [-0.39, 0.29) is 6.61 Å². The first-order valence-electron chi connectivity index (χ1n) is 12.4. The summed E-state index contributed by atoms with van der Waals surface area (Å²) in [6.45, 7) is 2.58. The fourth-order valence-electron chi connectivity index (χ4n) is 4.30. The molecule has 7 heteroatoms. The molecule has 0 spiro atoms. The zero-order chi connectivity index (χ0) is 25.9. The maximum Gasteiger partial charge on any atom is 0.303 e. The molecule has 0 saturated carbocycles. The molecule has 3 aromatic carbocycles. The van der Waals surface area contributed by atoms with E-state index in [1.54, 1.807) is 7.11 Å². The molecular formula is C30H34O7. The molecule has 0 N–H and O–H groups in total. The average molecular weight is 507 g/mol. The van der Waals surface area contributed by atoms with Crippen molar-refractivity contribution in [1.29, 1.82) is 0 Å². The van der Waals surface area contributed by atoms with Crippen molar-refractivity contribution in [3.63, 3.8) is 0 Å². The Labute approximate surface area is 218 Å². The molecule has 37 heavy (non-hydrogen) atoms. The molecule has 1 saturated heterocycles. The summed E-state index contributed by atoms with van der Waals surface area (Å²) >= 11 is 0. The van der Waals surface area contributed by atoms with Gasteiger partial charge in [0.1, 0.15) is 18.3 Å². The highest BCUT2D eigenvalue weighted by molar-refractivity contribution is 5.66. The van der Waals surface area contributed by atoms with Crippen molar-refractivity contribution in [1.82, 2.24) is 0 Å². The van der Waals surface area contributed by atoms with Crippen LogP contribution in [0.2, 0.25) is 0 Å². The molecule has 5 atom stereocenters. The lowest BCUT2D eigenvalue weighted by Gasteiger charge is -2.45. The number of rotatable bonds is 12. The van der Waals surface area contributed by atoms with Crippen molar-refractivity contribution in [2.24, 2.45) is 0 Å². The molecule has 1 aliphatic heterocycles. The normalized spacial score (nSPS) is 23.5. The summed E-state index contributed by atoms with van der Waals surface area (Å²) in [6, 6.07) is 29.5. The van der Waals surface area contributed by atoms with Crippen molar-refractivity contribution in [3.8, 4) is 0 Å². The Balaban J connectivity index is 1.54. The largest absolute Gasteiger partial charge is 0.457 e. The second-order valence-corrected chi connectivity index (χ2v) is 8.88. The summed E-state index contributed by atoms with van der Waals surface area (Å²) in [5, 5.41) is 0. The van der Waals surface area contributed by atoms with Gasteiger partial charge in [-0.2, -0.15) is 0 Å². The molecule has 0 aliphatic carbocycles. The van der Waals surface area contributed by atoms with Crippen molar-refractivity contribution in [2.45, 2.75) is 57.5 Å². The lowest BCUT2D eigenvalue weighted by atomic mass is 9.98. The van der Waals surface area contributed by atoms with Gasteiger partial charge in [-0.15, -0.1) is 0 Å². The Morgan fingerprint density at radius 1 is 0.703 bits per heavy atom. The summed E-state index contributed by atoms with van der Waals surface area (Å²) in [6.07, 6.45) is -3.43. The van der Waals surface area contributed by atoms with E-state index < -0.39 is 36.7 Å². The van der Waals surface area contributed by atoms with E-state index in [1.165, 1.54) is 6.92 Å². The number of ether oxygens (including phenoxy) is 6. The average Bonchev–Trinajstić information content (AvgIpc) is 2.93. The van der Waals surface area contributed by atoms with E-state index in [0.717, 1.165) is 16.7 Å². The van der Waals surface area contributed by atoms with Crippen LogP contribution in [-0.2, 0) is 53.0 Å². The molecule has 196 valence electrons. The highest BCUT2D eigenvalue weighted by Gasteiger charge is 2.49. The fraction of sp³-hybridized carbons (Fsp3) is 0.367. The predicted molar refractivity (Wildman–Crippen MR) is 137 cm³/mol. The third kappa shape index (κ3) is 7.95. The third-order valence-corrected chi connectivity index (χ3v) is 6.09. The zero-order valence-corrected chi connectivity index (χ0v) is 21.2. The molecule has 0 bridgehead atoms. The lowest BCUT2D eigenvalue weighted by molar-refractivity contribution is -0.317. The molecule has 4 rings (SSSR count). The highest BCUT2D eigenvalue weighted by atomic mass is 16.7. The first kappa shape index (κ1) is 27.0. The highest BCUT2D eigenvalue weighted by Crippen LogP contribution is 2.30. The van der Waals surface area contributed by atoms with Crippen molar-refractivity contribution < 1.29 is 33.2 Å². The van der Waals surface area contributed by atoms with E-state index in [0.29, 0.717) is 19.8 Å². The van der Waals surface area contributed by atoms with Gasteiger partial charge in [0, 0.05) is 14.0 Å². The molecule has 3 aromatic rings. The van der Waals surface area contributed by atoms with Crippen LogP contribution in [0.4, 0.5) is 0 Å². The van der Waals surface area contributed by atoms with Gasteiger partial charge >= 0.3 is 5.97 Å². The summed E-state index contributed by atoms with van der Waals surface area (Å²) in [5.41, 5.74) is 3.02. The number of hydrogen-bond donors (Lipinski definition) is 0. The van der Waals surface area contributed by atoms with Gasteiger partial charge in [-0.3, -0.25) is 4.79 Å². The Hall–Kier alpha value is -3.07. The van der Waals surface area contributed by atoms with Crippen LogP contribution in [0.25, 0.3) is 0 Å². The molecular weight excluding hydrogens is 472 g/mol. The van der Waals surface area contributed by atoms with Crippen LogP contribution in [0, 0.1) is 0 Å². The second kappa shape index (κ2) is 14.0. The van der Waals surface area contributed by atoms with E-state index in [4.69, 9.17) is 28.4 Å². The third-order valence-electron chi connectivity index (χ3n) is 6.09. The minimum atomic E-state index is -0.760. The van der Waals surface area contributed by atoms with Gasteiger partial charge in [-0.05, 0) is 16.7 Å². The summed E-state index contributed by atoms with van der Waals surface area (Å²) in [5.74, 6) is -0.437. The van der Waals surface area contributed by atoms with Crippen molar-refractivity contribution >= 4 is 5.97 Å². The number of methoxy groups -OCH3 is 1. The number of carbonyl (C=O) groups excluding carboxylic acids is 1. The molecule has 0 unspecified atom stereocenters. The number of esters is 1. The SMILES string of the molecule is CO[C@H]1O[C@H](COCc2ccccc2)[C@@H](OC(C)=O)[C@H](OCc2ccccc2)[C@H]1OCc1ccccc1. The van der Waals surface area contributed by atoms with Crippen LogP contribution < -0.4 is 0 Å². The second-order valence-electron chi connectivity index (χ2n) is 8.88. The maximum absolute atomic E-state index is 12.2. The van der Waals surface area contributed by atoms with Crippen LogP contribution in [0.15, 0.2) is 91.0 Å². The Kier molecular flexibility index (Phi) is 10.2. The first-order chi connectivity index (χ1) is 18.1. The number of carbonyl (C=O) groups is 1. The maximum atomic E-state index is 12.2. The van der Waals surface area contributed by atoms with Crippen LogP contribution in [0.1, 0.15) is 23.6 Å². The summed E-state index contributed by atoms with van der Waals surface area (Å²) in [7, 11) is 1.56. The van der Waals surface area contributed by atoms with Gasteiger partial charge in [0.05, 0.1) is 26.4 Å². The van der Waals surface area contributed by atoms with E-state index in [2.05, 4.69) is 0 Å². The van der Waals surface area contributed by atoms with Crippen molar-refractivity contribution in [2.75, 3.05) is 13.7 Å². The van der Waals surface area contributed by atoms with Crippen LogP contribution in [0.3, 0.4) is 0 Å². The summed E-state index contributed by atoms with van der Waals surface area (Å²) in [4.78, 5) is 12.2. The summed E-state index contributed by atoms with van der Waals surface area (Å²) < 4.78 is 36.4. The number of hydrogen-bond acceptors (Lipinski definition) is 7. The minimum Gasteiger partial charge on any atom is -0.457 e. The van der Waals surface area contributed by atoms with E-state index >= 15 is 0 Å². The van der Waals surface area contributed by atoms with Crippen LogP contribution in [-0.4, -0.2) is 50.4 Å². The van der Waals surface area contributed by atoms with Gasteiger partial charge in [0.2, 0.25) is 0 Å². The smallest absolute Gasteiger partial charge is 0.303 e. The van der Waals surface area contributed by atoms with Gasteiger partial charge < -0.3 is 28.4 Å². The Bertz CT molecular complexity index is 1060. The molecule has 0 radical (unpaired) electrons. The van der Waals surface area contributed by atoms with Crippen LogP contribution >= 0.6 is 0 Å². The Morgan fingerprint density at radius 3 is 1.68 bits per heavy atom. The zero-order valence-electron chi connectivity index (χ0n) is 21.2. The fourth-order valence-corrected chi connectivity index (χ4v) is 4.30. The number of benzene rings is 3. The topological polar surface area (TPSA) is 72.5 Å².